The normalized spacial score (nSPS) is 34.8. The third kappa shape index (κ3) is 6.17. The van der Waals surface area contributed by atoms with Crippen LogP contribution in [-0.4, -0.2) is 5.26 Å². The summed E-state index contributed by atoms with van der Waals surface area (Å²) in [7, 11) is 0. The van der Waals surface area contributed by atoms with Gasteiger partial charge in [-0.3, -0.25) is 5.26 Å². The van der Waals surface area contributed by atoms with E-state index in [-0.39, 0.29) is 6.10 Å². The minimum absolute atomic E-state index is 0.152. The Kier molecular flexibility index (Phi) is 9.12. The molecule has 3 aliphatic rings. The van der Waals surface area contributed by atoms with Gasteiger partial charge in [0.25, 0.3) is 0 Å². The van der Waals surface area contributed by atoms with Gasteiger partial charge in [-0.2, -0.15) is 0 Å². The first-order valence-corrected chi connectivity index (χ1v) is 14.1. The van der Waals surface area contributed by atoms with Crippen LogP contribution in [0.1, 0.15) is 133 Å². The lowest BCUT2D eigenvalue weighted by atomic mass is 9.67. The first-order valence-electron chi connectivity index (χ1n) is 14.1. The van der Waals surface area contributed by atoms with Gasteiger partial charge < -0.3 is 0 Å². The zero-order chi connectivity index (χ0) is 22.3. The molecular formula is C30H48O2. The van der Waals surface area contributed by atoms with Crippen LogP contribution in [0, 0.1) is 29.6 Å². The molecule has 0 radical (unpaired) electrons. The summed E-state index contributed by atoms with van der Waals surface area (Å²) in [4.78, 5) is 5.11. The lowest BCUT2D eigenvalue weighted by Crippen LogP contribution is -2.28. The molecule has 0 aliphatic heterocycles. The molecule has 1 unspecified atom stereocenters. The molecule has 2 nitrogen and oxygen atoms in total. The average Bonchev–Trinajstić information content (AvgIpc) is 2.85. The van der Waals surface area contributed by atoms with Crippen LogP contribution in [0.4, 0.5) is 0 Å². The van der Waals surface area contributed by atoms with E-state index in [2.05, 4.69) is 38.1 Å². The predicted octanol–water partition coefficient (Wildman–Crippen LogP) is 9.31. The second-order valence-corrected chi connectivity index (χ2v) is 11.7. The van der Waals surface area contributed by atoms with Crippen molar-refractivity contribution < 1.29 is 10.1 Å². The van der Waals surface area contributed by atoms with Crippen molar-refractivity contribution >= 4 is 0 Å². The number of hydrogen-bond donors (Lipinski definition) is 1. The fourth-order valence-electron chi connectivity index (χ4n) is 7.33. The Morgan fingerprint density at radius 2 is 1.41 bits per heavy atom. The van der Waals surface area contributed by atoms with Gasteiger partial charge in [-0.15, -0.1) is 0 Å². The molecular weight excluding hydrogens is 392 g/mol. The van der Waals surface area contributed by atoms with E-state index in [1.54, 1.807) is 0 Å². The van der Waals surface area contributed by atoms with Gasteiger partial charge in [-0.05, 0) is 98.0 Å². The molecule has 4 rings (SSSR count). The van der Waals surface area contributed by atoms with Crippen LogP contribution >= 0.6 is 0 Å². The highest BCUT2D eigenvalue weighted by molar-refractivity contribution is 5.27. The minimum Gasteiger partial charge on any atom is -0.251 e. The Morgan fingerprint density at radius 3 is 1.97 bits per heavy atom. The predicted molar refractivity (Wildman–Crippen MR) is 134 cm³/mol. The molecule has 2 heteroatoms. The fraction of sp³-hybridized carbons (Fsp3) is 0.800. The van der Waals surface area contributed by atoms with Gasteiger partial charge in [0, 0.05) is 0 Å². The zero-order valence-corrected chi connectivity index (χ0v) is 20.8. The summed E-state index contributed by atoms with van der Waals surface area (Å²) in [6.07, 6.45) is 20.4. The van der Waals surface area contributed by atoms with Crippen molar-refractivity contribution in [3.05, 3.63) is 35.4 Å². The van der Waals surface area contributed by atoms with Crippen molar-refractivity contribution in [2.45, 2.75) is 122 Å². The summed E-state index contributed by atoms with van der Waals surface area (Å²) in [5, 5.41) is 9.79. The molecule has 180 valence electrons. The second kappa shape index (κ2) is 12.0. The average molecular weight is 441 g/mol. The molecule has 0 amide bonds. The summed E-state index contributed by atoms with van der Waals surface area (Å²) >= 11 is 0. The molecule has 32 heavy (non-hydrogen) atoms. The Balaban J connectivity index is 1.26. The largest absolute Gasteiger partial charge is 0.251 e. The number of unbranched alkanes of at least 4 members (excludes halogenated alkanes) is 1. The van der Waals surface area contributed by atoms with E-state index in [1.807, 2.05) is 0 Å². The lowest BCUT2D eigenvalue weighted by molar-refractivity contribution is -0.296. The number of rotatable bonds is 8. The molecule has 0 heterocycles. The second-order valence-electron chi connectivity index (χ2n) is 11.7. The zero-order valence-electron chi connectivity index (χ0n) is 20.8. The monoisotopic (exact) mass is 440 g/mol. The topological polar surface area (TPSA) is 29.5 Å². The van der Waals surface area contributed by atoms with Crippen molar-refractivity contribution in [2.24, 2.45) is 29.6 Å². The summed E-state index contributed by atoms with van der Waals surface area (Å²) in [5.41, 5.74) is 2.65. The van der Waals surface area contributed by atoms with E-state index in [0.717, 1.165) is 29.6 Å². The van der Waals surface area contributed by atoms with Gasteiger partial charge in [-0.25, -0.2) is 4.89 Å². The lowest BCUT2D eigenvalue weighted by Gasteiger charge is -2.39. The van der Waals surface area contributed by atoms with Crippen LogP contribution in [0.2, 0.25) is 0 Å². The maximum absolute atomic E-state index is 9.79. The first kappa shape index (κ1) is 24.3. The maximum Gasteiger partial charge on any atom is 0.120 e. The van der Waals surface area contributed by atoms with Crippen LogP contribution in [0.3, 0.4) is 0 Å². The van der Waals surface area contributed by atoms with Crippen LogP contribution in [0.5, 0.6) is 0 Å². The highest BCUT2D eigenvalue weighted by atomic mass is 17.1. The quantitative estimate of drug-likeness (QED) is 0.322. The number of benzene rings is 1. The Bertz CT molecular complexity index is 644. The van der Waals surface area contributed by atoms with Crippen LogP contribution in [0.25, 0.3) is 0 Å². The van der Waals surface area contributed by atoms with Crippen molar-refractivity contribution in [1.29, 1.82) is 0 Å². The SMILES string of the molecule is CCCCC1CCC(C2CCC(C(OO)c3ccc(C4CCC(C)CC4)cc3)CC2)CC1. The molecule has 1 N–H and O–H groups in total. The van der Waals surface area contributed by atoms with Crippen molar-refractivity contribution in [1.82, 2.24) is 0 Å². The molecule has 1 aromatic carbocycles. The molecule has 3 fully saturated rings. The molecule has 0 bridgehead atoms. The van der Waals surface area contributed by atoms with Gasteiger partial charge in [0.05, 0.1) is 0 Å². The van der Waals surface area contributed by atoms with Crippen molar-refractivity contribution in [3.8, 4) is 0 Å². The molecule has 3 saturated carbocycles. The van der Waals surface area contributed by atoms with Crippen LogP contribution in [-0.2, 0) is 4.89 Å². The van der Waals surface area contributed by atoms with E-state index in [0.29, 0.717) is 5.92 Å². The summed E-state index contributed by atoms with van der Waals surface area (Å²) in [6, 6.07) is 9.09. The van der Waals surface area contributed by atoms with Crippen molar-refractivity contribution in [3.63, 3.8) is 0 Å². The highest BCUT2D eigenvalue weighted by Crippen LogP contribution is 2.45. The fourth-order valence-corrected chi connectivity index (χ4v) is 7.33. The van der Waals surface area contributed by atoms with Crippen LogP contribution in [0.15, 0.2) is 24.3 Å². The summed E-state index contributed by atoms with van der Waals surface area (Å²) in [5.74, 6) is 4.95. The minimum atomic E-state index is -0.152. The maximum atomic E-state index is 9.79. The molecule has 0 spiro atoms. The van der Waals surface area contributed by atoms with Gasteiger partial charge in [0.2, 0.25) is 0 Å². The summed E-state index contributed by atoms with van der Waals surface area (Å²) < 4.78 is 0. The molecule has 0 saturated heterocycles. The molecule has 0 aromatic heterocycles. The van der Waals surface area contributed by atoms with Gasteiger partial charge in [0.15, 0.2) is 0 Å². The molecule has 1 atom stereocenters. The molecule has 3 aliphatic carbocycles. The Hall–Kier alpha value is -0.860. The van der Waals surface area contributed by atoms with Gasteiger partial charge >= 0.3 is 0 Å². The molecule has 1 aromatic rings. The highest BCUT2D eigenvalue weighted by Gasteiger charge is 2.34. The third-order valence-electron chi connectivity index (χ3n) is 9.63. The Labute approximate surface area is 197 Å². The van der Waals surface area contributed by atoms with Gasteiger partial charge in [0.1, 0.15) is 6.10 Å². The van der Waals surface area contributed by atoms with Crippen molar-refractivity contribution in [2.75, 3.05) is 0 Å². The van der Waals surface area contributed by atoms with E-state index < -0.39 is 0 Å². The number of hydrogen-bond acceptors (Lipinski definition) is 2. The van der Waals surface area contributed by atoms with Crippen LogP contribution < -0.4 is 0 Å². The Morgan fingerprint density at radius 1 is 0.812 bits per heavy atom. The van der Waals surface area contributed by atoms with E-state index >= 15 is 0 Å². The summed E-state index contributed by atoms with van der Waals surface area (Å²) in [6.45, 7) is 4.70. The van der Waals surface area contributed by atoms with Gasteiger partial charge in [-0.1, -0.05) is 83.1 Å². The third-order valence-corrected chi connectivity index (χ3v) is 9.63. The van der Waals surface area contributed by atoms with E-state index in [1.165, 1.54) is 107 Å². The first-order chi connectivity index (χ1) is 15.7. The van der Waals surface area contributed by atoms with E-state index in [4.69, 9.17) is 4.89 Å². The smallest absolute Gasteiger partial charge is 0.120 e. The van der Waals surface area contributed by atoms with E-state index in [9.17, 15) is 5.26 Å². The standard InChI is InChI=1S/C30H48O2/c1-3-4-5-23-8-12-25(13-9-23)27-16-20-29(21-17-27)30(32-31)28-18-14-26(15-19-28)24-10-6-22(2)7-11-24/h14-15,18-19,22-25,27,29-31H,3-13,16-17,20-21H2,1-2H3.